The monoisotopic (exact) mass is 217 g/mol. The standard InChI is InChI=1S/C15H23N/c1-13-5-7-14(8-6-13)15(9-4-10-15)11-12-16(2)3/h5-8H,4,9-12H2,1-3H3. The Hall–Kier alpha value is -0.820. The van der Waals surface area contributed by atoms with E-state index in [1.54, 1.807) is 5.56 Å². The van der Waals surface area contributed by atoms with Gasteiger partial charge in [-0.2, -0.15) is 0 Å². The van der Waals surface area contributed by atoms with Crippen molar-refractivity contribution >= 4 is 0 Å². The maximum Gasteiger partial charge on any atom is -0.00163 e. The number of aryl methyl sites for hydroxylation is 1. The van der Waals surface area contributed by atoms with Crippen molar-refractivity contribution in [2.24, 2.45) is 0 Å². The van der Waals surface area contributed by atoms with Crippen LogP contribution in [0.2, 0.25) is 0 Å². The molecular formula is C15H23N. The zero-order valence-electron chi connectivity index (χ0n) is 10.8. The van der Waals surface area contributed by atoms with E-state index in [1.165, 1.54) is 37.8 Å². The fraction of sp³-hybridized carbons (Fsp3) is 0.600. The summed E-state index contributed by atoms with van der Waals surface area (Å²) < 4.78 is 0. The Morgan fingerprint density at radius 3 is 2.19 bits per heavy atom. The molecule has 1 aromatic rings. The second kappa shape index (κ2) is 4.58. The lowest BCUT2D eigenvalue weighted by atomic mass is 9.62. The van der Waals surface area contributed by atoms with Gasteiger partial charge < -0.3 is 4.90 Å². The van der Waals surface area contributed by atoms with Crippen molar-refractivity contribution in [2.45, 2.75) is 38.0 Å². The first kappa shape index (κ1) is 11.7. The topological polar surface area (TPSA) is 3.24 Å². The lowest BCUT2D eigenvalue weighted by molar-refractivity contribution is 0.201. The molecule has 0 amide bonds. The van der Waals surface area contributed by atoms with E-state index in [2.05, 4.69) is 50.2 Å². The molecule has 0 aromatic heterocycles. The van der Waals surface area contributed by atoms with Crippen molar-refractivity contribution < 1.29 is 0 Å². The van der Waals surface area contributed by atoms with Gasteiger partial charge in [0.15, 0.2) is 0 Å². The molecule has 1 aliphatic rings. The van der Waals surface area contributed by atoms with Crippen LogP contribution < -0.4 is 0 Å². The highest BCUT2D eigenvalue weighted by Crippen LogP contribution is 2.46. The molecule has 16 heavy (non-hydrogen) atoms. The van der Waals surface area contributed by atoms with Crippen molar-refractivity contribution in [1.82, 2.24) is 4.90 Å². The molecule has 0 saturated heterocycles. The molecule has 0 N–H and O–H groups in total. The Balaban J connectivity index is 2.11. The van der Waals surface area contributed by atoms with Crippen molar-refractivity contribution in [2.75, 3.05) is 20.6 Å². The minimum atomic E-state index is 0.498. The predicted molar refractivity (Wildman–Crippen MR) is 69.9 cm³/mol. The molecule has 1 heteroatoms. The van der Waals surface area contributed by atoms with Gasteiger partial charge >= 0.3 is 0 Å². The average Bonchev–Trinajstić information content (AvgIpc) is 2.18. The summed E-state index contributed by atoms with van der Waals surface area (Å²) >= 11 is 0. The van der Waals surface area contributed by atoms with Gasteiger partial charge in [0.25, 0.3) is 0 Å². The molecule has 1 nitrogen and oxygen atoms in total. The molecule has 0 aliphatic heterocycles. The second-order valence-electron chi connectivity index (χ2n) is 5.55. The van der Waals surface area contributed by atoms with Crippen LogP contribution in [0, 0.1) is 6.92 Å². The highest BCUT2D eigenvalue weighted by Gasteiger charge is 2.37. The number of hydrogen-bond donors (Lipinski definition) is 0. The van der Waals surface area contributed by atoms with Crippen LogP contribution >= 0.6 is 0 Å². The van der Waals surface area contributed by atoms with Crippen LogP contribution in [0.4, 0.5) is 0 Å². The molecule has 1 saturated carbocycles. The molecule has 88 valence electrons. The van der Waals surface area contributed by atoms with Crippen molar-refractivity contribution in [1.29, 1.82) is 0 Å². The third-order valence-electron chi connectivity index (χ3n) is 4.01. The molecule has 2 rings (SSSR count). The fourth-order valence-electron chi connectivity index (χ4n) is 2.63. The van der Waals surface area contributed by atoms with Gasteiger partial charge in [0.2, 0.25) is 0 Å². The SMILES string of the molecule is Cc1ccc(C2(CCN(C)C)CCC2)cc1. The van der Waals surface area contributed by atoms with E-state index in [4.69, 9.17) is 0 Å². The van der Waals surface area contributed by atoms with E-state index in [1.807, 2.05) is 0 Å². The van der Waals surface area contributed by atoms with E-state index in [-0.39, 0.29) is 0 Å². The summed E-state index contributed by atoms with van der Waals surface area (Å²) in [6, 6.07) is 9.18. The smallest absolute Gasteiger partial charge is 0.00163 e. The first-order valence-corrected chi connectivity index (χ1v) is 6.34. The Labute approximate surface area is 99.5 Å². The van der Waals surface area contributed by atoms with Crippen molar-refractivity contribution in [3.8, 4) is 0 Å². The van der Waals surface area contributed by atoms with Gasteiger partial charge in [-0.1, -0.05) is 36.2 Å². The van der Waals surface area contributed by atoms with Crippen LogP contribution in [-0.2, 0) is 5.41 Å². The summed E-state index contributed by atoms with van der Waals surface area (Å²) in [4.78, 5) is 2.30. The highest BCUT2D eigenvalue weighted by atomic mass is 15.0. The first-order valence-electron chi connectivity index (χ1n) is 6.34. The molecular weight excluding hydrogens is 194 g/mol. The molecule has 0 heterocycles. The van der Waals surface area contributed by atoms with Crippen molar-refractivity contribution in [3.63, 3.8) is 0 Å². The Kier molecular flexibility index (Phi) is 3.34. The summed E-state index contributed by atoms with van der Waals surface area (Å²) in [5, 5.41) is 0. The van der Waals surface area contributed by atoms with Crippen LogP contribution in [0.15, 0.2) is 24.3 Å². The number of hydrogen-bond acceptors (Lipinski definition) is 1. The zero-order chi connectivity index (χ0) is 11.6. The van der Waals surface area contributed by atoms with Crippen LogP contribution in [0.3, 0.4) is 0 Å². The Morgan fingerprint density at radius 2 is 1.75 bits per heavy atom. The lowest BCUT2D eigenvalue weighted by Crippen LogP contribution is -2.37. The molecule has 0 unspecified atom stereocenters. The van der Waals surface area contributed by atoms with Crippen LogP contribution in [-0.4, -0.2) is 25.5 Å². The highest BCUT2D eigenvalue weighted by molar-refractivity contribution is 5.30. The van der Waals surface area contributed by atoms with Gasteiger partial charge in [-0.25, -0.2) is 0 Å². The molecule has 0 bridgehead atoms. The number of benzene rings is 1. The van der Waals surface area contributed by atoms with Crippen LogP contribution in [0.1, 0.15) is 36.8 Å². The average molecular weight is 217 g/mol. The van der Waals surface area contributed by atoms with Gasteiger partial charge in [0.1, 0.15) is 0 Å². The number of rotatable bonds is 4. The van der Waals surface area contributed by atoms with Gasteiger partial charge in [-0.3, -0.25) is 0 Å². The van der Waals surface area contributed by atoms with Crippen LogP contribution in [0.5, 0.6) is 0 Å². The van der Waals surface area contributed by atoms with E-state index in [0.717, 1.165) is 0 Å². The molecule has 0 radical (unpaired) electrons. The minimum Gasteiger partial charge on any atom is -0.309 e. The third-order valence-corrected chi connectivity index (χ3v) is 4.01. The normalized spacial score (nSPS) is 18.5. The molecule has 1 aliphatic carbocycles. The van der Waals surface area contributed by atoms with Gasteiger partial charge in [-0.05, 0) is 57.8 Å². The van der Waals surface area contributed by atoms with Gasteiger partial charge in [-0.15, -0.1) is 0 Å². The lowest BCUT2D eigenvalue weighted by Gasteiger charge is -2.43. The quantitative estimate of drug-likeness (QED) is 0.747. The largest absolute Gasteiger partial charge is 0.309 e. The van der Waals surface area contributed by atoms with E-state index in [0.29, 0.717) is 5.41 Å². The summed E-state index contributed by atoms with van der Waals surface area (Å²) in [5.74, 6) is 0. The van der Waals surface area contributed by atoms with Gasteiger partial charge in [0, 0.05) is 0 Å². The summed E-state index contributed by atoms with van der Waals surface area (Å²) in [6.45, 7) is 3.37. The molecule has 0 spiro atoms. The molecule has 0 atom stereocenters. The third kappa shape index (κ3) is 2.30. The fourth-order valence-corrected chi connectivity index (χ4v) is 2.63. The molecule has 1 fully saturated rings. The summed E-state index contributed by atoms with van der Waals surface area (Å²) in [7, 11) is 4.34. The molecule has 1 aromatic carbocycles. The zero-order valence-corrected chi connectivity index (χ0v) is 10.8. The maximum atomic E-state index is 2.34. The Bertz CT molecular complexity index is 333. The van der Waals surface area contributed by atoms with E-state index in [9.17, 15) is 0 Å². The summed E-state index contributed by atoms with van der Waals surface area (Å²) in [5.41, 5.74) is 3.43. The first-order chi connectivity index (χ1) is 7.62. The Morgan fingerprint density at radius 1 is 1.12 bits per heavy atom. The maximum absolute atomic E-state index is 2.34. The van der Waals surface area contributed by atoms with E-state index < -0.39 is 0 Å². The van der Waals surface area contributed by atoms with Crippen molar-refractivity contribution in [3.05, 3.63) is 35.4 Å². The van der Waals surface area contributed by atoms with Crippen LogP contribution in [0.25, 0.3) is 0 Å². The number of nitrogens with zero attached hydrogens (tertiary/aromatic N) is 1. The van der Waals surface area contributed by atoms with E-state index >= 15 is 0 Å². The van der Waals surface area contributed by atoms with Gasteiger partial charge in [0.05, 0.1) is 0 Å². The summed E-state index contributed by atoms with van der Waals surface area (Å²) in [6.07, 6.45) is 5.47. The second-order valence-corrected chi connectivity index (χ2v) is 5.55. The predicted octanol–water partition coefficient (Wildman–Crippen LogP) is 3.37. The minimum absolute atomic E-state index is 0.498.